The van der Waals surface area contributed by atoms with Crippen LogP contribution in [0, 0.1) is 0 Å². The molecule has 0 spiro atoms. The number of oxime groups is 1. The molecule has 0 aromatic heterocycles. The molecule has 5 nitrogen and oxygen atoms in total. The van der Waals surface area contributed by atoms with Crippen LogP contribution in [-0.4, -0.2) is 17.6 Å². The topological polar surface area (TPSA) is 59.0 Å². The van der Waals surface area contributed by atoms with Gasteiger partial charge in [0, 0.05) is 17.5 Å². The van der Waals surface area contributed by atoms with Crippen LogP contribution in [0.4, 0.5) is 5.69 Å². The first kappa shape index (κ1) is 15.2. The highest BCUT2D eigenvalue weighted by atomic mass is 35.5. The first-order valence-corrected chi connectivity index (χ1v) is 7.35. The summed E-state index contributed by atoms with van der Waals surface area (Å²) in [5, 5.41) is 4.31. The second-order valence-corrected chi connectivity index (χ2v) is 5.50. The van der Waals surface area contributed by atoms with Crippen molar-refractivity contribution in [1.29, 1.82) is 0 Å². The largest absolute Gasteiger partial charge is 0.332 e. The normalized spacial score (nSPS) is 15.0. The number of benzene rings is 2. The van der Waals surface area contributed by atoms with Crippen molar-refractivity contribution < 1.29 is 14.4 Å². The maximum atomic E-state index is 12.6. The fraction of sp³-hybridized carbons (Fsp3) is 0.118. The van der Waals surface area contributed by atoms with E-state index in [1.807, 2.05) is 24.3 Å². The number of hydrogen-bond donors (Lipinski definition) is 0. The number of nitrogens with zero attached hydrogens (tertiary/aromatic N) is 2. The number of rotatable bonds is 3. The van der Waals surface area contributed by atoms with Gasteiger partial charge < -0.3 is 9.74 Å². The minimum atomic E-state index is -0.573. The van der Waals surface area contributed by atoms with Gasteiger partial charge in [0.1, 0.15) is 0 Å². The maximum Gasteiger partial charge on any atom is 0.332 e. The number of hydrogen-bond acceptors (Lipinski definition) is 4. The Morgan fingerprint density at radius 1 is 1.22 bits per heavy atom. The summed E-state index contributed by atoms with van der Waals surface area (Å²) in [6.45, 7) is 1.59. The number of fused-ring (bicyclic) bond motifs is 1. The number of para-hydroxylation sites is 1. The Kier molecular flexibility index (Phi) is 4.12. The Balaban J connectivity index is 1.97. The van der Waals surface area contributed by atoms with E-state index >= 15 is 0 Å². The van der Waals surface area contributed by atoms with Gasteiger partial charge >= 0.3 is 5.97 Å². The molecular formula is C17H13ClN2O3. The van der Waals surface area contributed by atoms with Gasteiger partial charge in [-0.15, -0.1) is 0 Å². The van der Waals surface area contributed by atoms with Crippen molar-refractivity contribution in [3.63, 3.8) is 0 Å². The van der Waals surface area contributed by atoms with Crippen LogP contribution in [0.15, 0.2) is 53.7 Å². The van der Waals surface area contributed by atoms with Crippen LogP contribution < -0.4 is 4.90 Å². The van der Waals surface area contributed by atoms with Crippen LogP contribution in [0.3, 0.4) is 0 Å². The summed E-state index contributed by atoms with van der Waals surface area (Å²) in [7, 11) is 0. The Labute approximate surface area is 138 Å². The SMILES string of the molecule is CC(=O)O/N=C1/C(=O)N(Cc2cccc(Cl)c2)c2ccccc21. The minimum Gasteiger partial charge on any atom is -0.318 e. The van der Waals surface area contributed by atoms with Gasteiger partial charge in [-0.2, -0.15) is 0 Å². The molecular weight excluding hydrogens is 316 g/mol. The van der Waals surface area contributed by atoms with Crippen molar-refractivity contribution in [2.75, 3.05) is 4.90 Å². The van der Waals surface area contributed by atoms with Crippen molar-refractivity contribution in [3.8, 4) is 0 Å². The van der Waals surface area contributed by atoms with Crippen LogP contribution in [0.2, 0.25) is 5.02 Å². The number of amides is 1. The summed E-state index contributed by atoms with van der Waals surface area (Å²) in [6, 6.07) is 14.5. The van der Waals surface area contributed by atoms with Gasteiger partial charge in [0.15, 0.2) is 5.71 Å². The van der Waals surface area contributed by atoms with E-state index in [-0.39, 0.29) is 11.6 Å². The van der Waals surface area contributed by atoms with Crippen LogP contribution in [0.1, 0.15) is 18.1 Å². The lowest BCUT2D eigenvalue weighted by molar-refractivity contribution is -0.140. The van der Waals surface area contributed by atoms with E-state index in [1.54, 1.807) is 29.2 Å². The molecule has 0 saturated carbocycles. The Bertz CT molecular complexity index is 817. The molecule has 0 atom stereocenters. The first-order valence-electron chi connectivity index (χ1n) is 6.97. The van der Waals surface area contributed by atoms with Gasteiger partial charge in [-0.1, -0.05) is 47.1 Å². The molecule has 0 saturated heterocycles. The molecule has 1 aliphatic heterocycles. The van der Waals surface area contributed by atoms with Crippen LogP contribution in [0.25, 0.3) is 0 Å². The Morgan fingerprint density at radius 2 is 2.00 bits per heavy atom. The van der Waals surface area contributed by atoms with E-state index in [4.69, 9.17) is 11.6 Å². The van der Waals surface area contributed by atoms with E-state index < -0.39 is 5.97 Å². The molecule has 1 amide bonds. The molecule has 0 aliphatic carbocycles. The molecule has 0 fully saturated rings. The molecule has 2 aromatic carbocycles. The van der Waals surface area contributed by atoms with E-state index in [2.05, 4.69) is 9.99 Å². The lowest BCUT2D eigenvalue weighted by atomic mass is 10.1. The monoisotopic (exact) mass is 328 g/mol. The molecule has 1 aliphatic rings. The van der Waals surface area contributed by atoms with Gasteiger partial charge in [-0.05, 0) is 23.8 Å². The molecule has 2 aromatic rings. The van der Waals surface area contributed by atoms with Crippen molar-refractivity contribution in [1.82, 2.24) is 0 Å². The summed E-state index contributed by atoms with van der Waals surface area (Å²) in [6.07, 6.45) is 0. The third kappa shape index (κ3) is 3.10. The van der Waals surface area contributed by atoms with Gasteiger partial charge in [0.2, 0.25) is 0 Å². The zero-order valence-electron chi connectivity index (χ0n) is 12.3. The summed E-state index contributed by atoms with van der Waals surface area (Å²) < 4.78 is 0. The van der Waals surface area contributed by atoms with Gasteiger partial charge in [-0.3, -0.25) is 4.79 Å². The van der Waals surface area contributed by atoms with E-state index in [0.717, 1.165) is 11.3 Å². The second kappa shape index (κ2) is 6.22. The van der Waals surface area contributed by atoms with Crippen LogP contribution >= 0.6 is 11.6 Å². The predicted octanol–water partition coefficient (Wildman–Crippen LogP) is 3.15. The average molecular weight is 329 g/mol. The molecule has 3 rings (SSSR count). The maximum absolute atomic E-state index is 12.6. The molecule has 1 heterocycles. The van der Waals surface area contributed by atoms with Crippen molar-refractivity contribution in [2.45, 2.75) is 13.5 Å². The molecule has 23 heavy (non-hydrogen) atoms. The third-order valence-corrected chi connectivity index (χ3v) is 3.63. The zero-order chi connectivity index (χ0) is 16.4. The molecule has 0 bridgehead atoms. The Morgan fingerprint density at radius 3 is 2.74 bits per heavy atom. The number of carbonyl (C=O) groups is 2. The summed E-state index contributed by atoms with van der Waals surface area (Å²) in [4.78, 5) is 29.8. The predicted molar refractivity (Wildman–Crippen MR) is 87.4 cm³/mol. The van der Waals surface area contributed by atoms with E-state index in [1.165, 1.54) is 6.92 Å². The summed E-state index contributed by atoms with van der Waals surface area (Å²) >= 11 is 6.00. The quantitative estimate of drug-likeness (QED) is 0.642. The molecule has 116 valence electrons. The first-order chi connectivity index (χ1) is 11.1. The standard InChI is InChI=1S/C17H13ClN2O3/c1-11(21)23-19-16-14-7-2-3-8-15(14)20(17(16)22)10-12-5-4-6-13(18)9-12/h2-9H,10H2,1H3/b19-16+. The average Bonchev–Trinajstić information content (AvgIpc) is 2.78. The minimum absolute atomic E-state index is 0.123. The highest BCUT2D eigenvalue weighted by molar-refractivity contribution is 6.54. The molecule has 6 heteroatoms. The third-order valence-electron chi connectivity index (χ3n) is 3.39. The molecule has 0 unspecified atom stereocenters. The van der Waals surface area contributed by atoms with Gasteiger partial charge in [0.25, 0.3) is 5.91 Å². The van der Waals surface area contributed by atoms with Gasteiger partial charge in [0.05, 0.1) is 12.2 Å². The number of carbonyl (C=O) groups excluding carboxylic acids is 2. The second-order valence-electron chi connectivity index (χ2n) is 5.06. The lowest BCUT2D eigenvalue weighted by Gasteiger charge is -2.16. The zero-order valence-corrected chi connectivity index (χ0v) is 13.1. The fourth-order valence-electron chi connectivity index (χ4n) is 2.43. The highest BCUT2D eigenvalue weighted by Gasteiger charge is 2.34. The number of anilines is 1. The van der Waals surface area contributed by atoms with Crippen molar-refractivity contribution in [2.24, 2.45) is 5.16 Å². The van der Waals surface area contributed by atoms with E-state index in [9.17, 15) is 9.59 Å². The smallest absolute Gasteiger partial charge is 0.318 e. The van der Waals surface area contributed by atoms with E-state index in [0.29, 0.717) is 17.1 Å². The lowest BCUT2D eigenvalue weighted by Crippen LogP contribution is -2.29. The molecule has 0 N–H and O–H groups in total. The summed E-state index contributed by atoms with van der Waals surface area (Å²) in [5.41, 5.74) is 2.39. The summed E-state index contributed by atoms with van der Waals surface area (Å²) in [5.74, 6) is -0.886. The highest BCUT2D eigenvalue weighted by Crippen LogP contribution is 2.31. The van der Waals surface area contributed by atoms with Gasteiger partial charge in [-0.25, -0.2) is 4.79 Å². The van der Waals surface area contributed by atoms with Crippen LogP contribution in [0.5, 0.6) is 0 Å². The van der Waals surface area contributed by atoms with Crippen LogP contribution in [-0.2, 0) is 21.0 Å². The fourth-order valence-corrected chi connectivity index (χ4v) is 2.65. The Hall–Kier alpha value is -2.66. The van der Waals surface area contributed by atoms with Crippen molar-refractivity contribution >= 4 is 34.9 Å². The molecule has 0 radical (unpaired) electrons. The van der Waals surface area contributed by atoms with Crippen molar-refractivity contribution in [3.05, 3.63) is 64.7 Å². The number of halogens is 1.